The van der Waals surface area contributed by atoms with Gasteiger partial charge in [-0.05, 0) is 37.5 Å². The minimum absolute atomic E-state index is 0.0255. The van der Waals surface area contributed by atoms with Crippen molar-refractivity contribution in [2.45, 2.75) is 44.9 Å². The number of pyridine rings is 1. The number of aromatic nitrogens is 1. The second kappa shape index (κ2) is 7.58. The minimum Gasteiger partial charge on any atom is -0.369 e. The lowest BCUT2D eigenvalue weighted by Gasteiger charge is -2.44. The molecule has 1 aliphatic rings. The molecule has 1 amide bonds. The van der Waals surface area contributed by atoms with Gasteiger partial charge in [0.05, 0.1) is 18.7 Å². The predicted octanol–water partition coefficient (Wildman–Crippen LogP) is 3.39. The van der Waals surface area contributed by atoms with E-state index in [1.165, 1.54) is 0 Å². The number of carbonyl (C=O) groups excluding carboxylic acids is 1. The Bertz CT molecular complexity index is 660. The summed E-state index contributed by atoms with van der Waals surface area (Å²) in [6, 6.07) is 14.2. The topological polar surface area (TPSA) is 42.4 Å². The molecule has 0 aliphatic carbocycles. The van der Waals surface area contributed by atoms with Gasteiger partial charge in [0.15, 0.2) is 0 Å². The fraction of sp³-hybridized carbons (Fsp3) is 0.400. The number of amides is 1. The lowest BCUT2D eigenvalue weighted by molar-refractivity contribution is -0.153. The van der Waals surface area contributed by atoms with Crippen LogP contribution >= 0.6 is 0 Å². The van der Waals surface area contributed by atoms with E-state index >= 15 is 0 Å². The molecule has 24 heavy (non-hydrogen) atoms. The van der Waals surface area contributed by atoms with E-state index in [-0.39, 0.29) is 24.1 Å². The average Bonchev–Trinajstić information content (AvgIpc) is 2.62. The van der Waals surface area contributed by atoms with Gasteiger partial charge in [0.2, 0.25) is 5.91 Å². The summed E-state index contributed by atoms with van der Waals surface area (Å²) in [4.78, 5) is 18.9. The number of hydrogen-bond acceptors (Lipinski definition) is 3. The van der Waals surface area contributed by atoms with Crippen LogP contribution in [-0.4, -0.2) is 34.5 Å². The van der Waals surface area contributed by atoms with E-state index in [9.17, 15) is 4.79 Å². The predicted molar refractivity (Wildman–Crippen MR) is 93.5 cm³/mol. The summed E-state index contributed by atoms with van der Waals surface area (Å²) in [5, 5.41) is 0. The number of hydrogen-bond donors (Lipinski definition) is 0. The second-order valence-corrected chi connectivity index (χ2v) is 6.42. The average molecular weight is 324 g/mol. The number of rotatable bonds is 4. The van der Waals surface area contributed by atoms with Crippen molar-refractivity contribution < 1.29 is 9.53 Å². The Morgan fingerprint density at radius 3 is 2.71 bits per heavy atom. The van der Waals surface area contributed by atoms with Gasteiger partial charge in [-0.3, -0.25) is 9.78 Å². The molecule has 0 saturated carbocycles. The third kappa shape index (κ3) is 3.65. The molecule has 4 nitrogen and oxygen atoms in total. The zero-order chi connectivity index (χ0) is 16.9. The van der Waals surface area contributed by atoms with Gasteiger partial charge in [0.25, 0.3) is 0 Å². The highest BCUT2D eigenvalue weighted by Gasteiger charge is 2.36. The molecule has 0 radical (unpaired) electrons. The van der Waals surface area contributed by atoms with E-state index in [2.05, 4.69) is 31.0 Å². The number of aryl methyl sites for hydroxylation is 1. The summed E-state index contributed by atoms with van der Waals surface area (Å²) >= 11 is 0. The van der Waals surface area contributed by atoms with Crippen LogP contribution in [0.3, 0.4) is 0 Å². The highest BCUT2D eigenvalue weighted by molar-refractivity contribution is 5.77. The third-order valence-corrected chi connectivity index (χ3v) is 4.64. The van der Waals surface area contributed by atoms with Crippen LogP contribution in [0.15, 0.2) is 54.9 Å². The highest BCUT2D eigenvalue weighted by atomic mass is 16.5. The monoisotopic (exact) mass is 324 g/mol. The first-order valence-corrected chi connectivity index (χ1v) is 8.53. The van der Waals surface area contributed by atoms with Crippen molar-refractivity contribution in [2.24, 2.45) is 0 Å². The Kier molecular flexibility index (Phi) is 5.26. The summed E-state index contributed by atoms with van der Waals surface area (Å²) in [6.45, 7) is 4.71. The first-order chi connectivity index (χ1) is 11.7. The number of ether oxygens (including phenoxy) is 1. The molecule has 3 rings (SSSR count). The van der Waals surface area contributed by atoms with E-state index in [0.717, 1.165) is 17.5 Å². The molecule has 0 N–H and O–H groups in total. The quantitative estimate of drug-likeness (QED) is 0.866. The van der Waals surface area contributed by atoms with Gasteiger partial charge in [-0.1, -0.05) is 36.4 Å². The normalized spacial score (nSPS) is 23.9. The van der Waals surface area contributed by atoms with Crippen LogP contribution in [-0.2, 0) is 16.0 Å². The Balaban J connectivity index is 1.69. The molecule has 126 valence electrons. The summed E-state index contributed by atoms with van der Waals surface area (Å²) in [6.07, 6.45) is 4.74. The molecular weight excluding hydrogens is 300 g/mol. The van der Waals surface area contributed by atoms with Crippen molar-refractivity contribution in [1.82, 2.24) is 9.88 Å². The second-order valence-electron chi connectivity index (χ2n) is 6.42. The lowest BCUT2D eigenvalue weighted by atomic mass is 9.98. The number of benzene rings is 1. The largest absolute Gasteiger partial charge is 0.369 e. The molecule has 1 fully saturated rings. The maximum atomic E-state index is 12.8. The molecule has 3 atom stereocenters. The molecule has 0 bridgehead atoms. The van der Waals surface area contributed by atoms with Crippen LogP contribution in [0.5, 0.6) is 0 Å². The van der Waals surface area contributed by atoms with Crippen molar-refractivity contribution in [3.8, 4) is 0 Å². The fourth-order valence-corrected chi connectivity index (χ4v) is 3.43. The van der Waals surface area contributed by atoms with Gasteiger partial charge in [0.1, 0.15) is 6.10 Å². The van der Waals surface area contributed by atoms with Crippen LogP contribution in [0.1, 0.15) is 37.5 Å². The van der Waals surface area contributed by atoms with Crippen LogP contribution in [0.2, 0.25) is 0 Å². The van der Waals surface area contributed by atoms with Crippen molar-refractivity contribution in [3.63, 3.8) is 0 Å². The van der Waals surface area contributed by atoms with Gasteiger partial charge in [-0.25, -0.2) is 0 Å². The van der Waals surface area contributed by atoms with Crippen molar-refractivity contribution in [1.29, 1.82) is 0 Å². The van der Waals surface area contributed by atoms with E-state index in [4.69, 9.17) is 4.74 Å². The Hall–Kier alpha value is -2.20. The smallest absolute Gasteiger partial charge is 0.223 e. The molecule has 1 aromatic carbocycles. The zero-order valence-electron chi connectivity index (χ0n) is 14.3. The van der Waals surface area contributed by atoms with Crippen molar-refractivity contribution in [2.75, 3.05) is 6.61 Å². The van der Waals surface area contributed by atoms with Gasteiger partial charge >= 0.3 is 0 Å². The van der Waals surface area contributed by atoms with Crippen LogP contribution in [0.25, 0.3) is 0 Å². The minimum atomic E-state index is -0.0651. The molecule has 1 aromatic heterocycles. The maximum absolute atomic E-state index is 12.8. The number of nitrogens with zero attached hydrogens (tertiary/aromatic N) is 2. The Morgan fingerprint density at radius 1 is 1.21 bits per heavy atom. The fourth-order valence-electron chi connectivity index (χ4n) is 3.43. The van der Waals surface area contributed by atoms with Gasteiger partial charge < -0.3 is 9.64 Å². The van der Waals surface area contributed by atoms with Crippen molar-refractivity contribution >= 4 is 5.91 Å². The third-order valence-electron chi connectivity index (χ3n) is 4.64. The summed E-state index contributed by atoms with van der Waals surface area (Å²) in [5.41, 5.74) is 2.22. The molecule has 0 spiro atoms. The number of morpholine rings is 1. The lowest BCUT2D eigenvalue weighted by Crippen LogP contribution is -2.53. The first kappa shape index (κ1) is 16.7. The van der Waals surface area contributed by atoms with Gasteiger partial charge in [-0.2, -0.15) is 0 Å². The van der Waals surface area contributed by atoms with Crippen LogP contribution in [0.4, 0.5) is 0 Å². The molecule has 1 aliphatic heterocycles. The number of carbonyl (C=O) groups is 1. The highest BCUT2D eigenvalue weighted by Crippen LogP contribution is 2.31. The molecule has 2 aromatic rings. The zero-order valence-corrected chi connectivity index (χ0v) is 14.3. The Labute approximate surface area is 143 Å². The molecule has 4 heteroatoms. The summed E-state index contributed by atoms with van der Waals surface area (Å²) in [7, 11) is 0. The van der Waals surface area contributed by atoms with Crippen molar-refractivity contribution in [3.05, 3.63) is 66.0 Å². The standard InChI is InChI=1S/C20H24N2O2/c1-15-14-24-20(18-8-4-3-5-9-18)16(2)22(15)19(23)11-10-17-7-6-12-21-13-17/h3-9,12-13,15-16,20H,10-11,14H2,1-2H3/t15-,16-,20+/m1/s1. The van der Waals surface area contributed by atoms with Gasteiger partial charge in [-0.15, -0.1) is 0 Å². The van der Waals surface area contributed by atoms with E-state index < -0.39 is 0 Å². The molecule has 1 saturated heterocycles. The Morgan fingerprint density at radius 2 is 2.00 bits per heavy atom. The maximum Gasteiger partial charge on any atom is 0.223 e. The van der Waals surface area contributed by atoms with Gasteiger partial charge in [0, 0.05) is 18.8 Å². The molecular formula is C20H24N2O2. The summed E-state index contributed by atoms with van der Waals surface area (Å²) < 4.78 is 6.03. The first-order valence-electron chi connectivity index (χ1n) is 8.53. The van der Waals surface area contributed by atoms with E-state index in [0.29, 0.717) is 13.0 Å². The summed E-state index contributed by atoms with van der Waals surface area (Å²) in [5.74, 6) is 0.183. The van der Waals surface area contributed by atoms with Crippen LogP contribution in [0, 0.1) is 0 Å². The SMILES string of the molecule is C[C@@H]1CO[C@H](c2ccccc2)[C@@H](C)N1C(=O)CCc1cccnc1. The van der Waals surface area contributed by atoms with Crippen LogP contribution < -0.4 is 0 Å². The van der Waals surface area contributed by atoms with E-state index in [1.54, 1.807) is 6.20 Å². The molecule has 2 heterocycles. The molecule has 0 unspecified atom stereocenters. The van der Waals surface area contributed by atoms with E-state index in [1.807, 2.05) is 41.4 Å².